The van der Waals surface area contributed by atoms with Crippen molar-refractivity contribution in [3.63, 3.8) is 0 Å². The third kappa shape index (κ3) is 4.34. The molecule has 2 fully saturated rings. The van der Waals surface area contributed by atoms with Gasteiger partial charge in [-0.05, 0) is 39.2 Å². The van der Waals surface area contributed by atoms with E-state index < -0.39 is 0 Å². The summed E-state index contributed by atoms with van der Waals surface area (Å²) < 4.78 is 0. The first-order chi connectivity index (χ1) is 12.0. The molecule has 2 aliphatic rings. The van der Waals surface area contributed by atoms with Crippen LogP contribution >= 0.6 is 0 Å². The standard InChI is InChI=1S/C18H27N5O2/c1-12-19-10-14(18(25)21-13-7-8-13)17(20-12)15-6-4-5-9-23(15)11-16(24)22(2)3/h10,13,15H,4-9,11H2,1-3H3,(H,21,25)/t15-/m0/s1. The SMILES string of the molecule is Cc1ncc(C(=O)NC2CC2)c([C@@H]2CCCCN2CC(=O)N(C)C)n1. The highest BCUT2D eigenvalue weighted by Crippen LogP contribution is 2.32. The number of likely N-dealkylation sites (N-methyl/N-ethyl adjacent to an activating group) is 1. The second-order valence-corrected chi connectivity index (χ2v) is 7.23. The molecule has 2 heterocycles. The van der Waals surface area contributed by atoms with Gasteiger partial charge in [0.15, 0.2) is 0 Å². The van der Waals surface area contributed by atoms with E-state index in [9.17, 15) is 9.59 Å². The number of carbonyl (C=O) groups is 2. The molecule has 1 atom stereocenters. The lowest BCUT2D eigenvalue weighted by Crippen LogP contribution is -2.42. The van der Waals surface area contributed by atoms with Gasteiger partial charge < -0.3 is 10.2 Å². The van der Waals surface area contributed by atoms with Gasteiger partial charge in [-0.15, -0.1) is 0 Å². The Labute approximate surface area is 148 Å². The summed E-state index contributed by atoms with van der Waals surface area (Å²) in [5.41, 5.74) is 1.31. The Morgan fingerprint density at radius 1 is 1.28 bits per heavy atom. The van der Waals surface area contributed by atoms with Gasteiger partial charge in [0.2, 0.25) is 5.91 Å². The van der Waals surface area contributed by atoms with Crippen LogP contribution in [-0.4, -0.2) is 64.8 Å². The molecule has 1 saturated heterocycles. The highest BCUT2D eigenvalue weighted by atomic mass is 16.2. The highest BCUT2D eigenvalue weighted by Gasteiger charge is 2.32. The summed E-state index contributed by atoms with van der Waals surface area (Å²) in [6, 6.07) is 0.277. The zero-order valence-corrected chi connectivity index (χ0v) is 15.3. The molecule has 1 aromatic heterocycles. The van der Waals surface area contributed by atoms with Gasteiger partial charge in [0.05, 0.1) is 23.8 Å². The number of aryl methyl sites for hydroxylation is 1. The normalized spacial score (nSPS) is 21.0. The summed E-state index contributed by atoms with van der Waals surface area (Å²) in [4.78, 5) is 37.4. The van der Waals surface area contributed by atoms with Gasteiger partial charge in [0.1, 0.15) is 5.82 Å². The fourth-order valence-corrected chi connectivity index (χ4v) is 3.21. The van der Waals surface area contributed by atoms with Gasteiger partial charge in [-0.1, -0.05) is 6.42 Å². The number of aromatic nitrogens is 2. The smallest absolute Gasteiger partial charge is 0.254 e. The van der Waals surface area contributed by atoms with E-state index >= 15 is 0 Å². The first-order valence-electron chi connectivity index (χ1n) is 9.04. The molecule has 136 valence electrons. The molecule has 0 radical (unpaired) electrons. The van der Waals surface area contributed by atoms with E-state index in [1.807, 2.05) is 6.92 Å². The second-order valence-electron chi connectivity index (χ2n) is 7.23. The van der Waals surface area contributed by atoms with E-state index in [2.05, 4.69) is 20.2 Å². The minimum atomic E-state index is -0.0954. The second kappa shape index (κ2) is 7.47. The summed E-state index contributed by atoms with van der Waals surface area (Å²) in [5, 5.41) is 3.03. The lowest BCUT2D eigenvalue weighted by Gasteiger charge is -2.36. The molecule has 1 saturated carbocycles. The van der Waals surface area contributed by atoms with Gasteiger partial charge in [0.25, 0.3) is 5.91 Å². The Morgan fingerprint density at radius 3 is 2.72 bits per heavy atom. The van der Waals surface area contributed by atoms with Crippen molar-refractivity contribution in [1.29, 1.82) is 0 Å². The van der Waals surface area contributed by atoms with E-state index in [1.54, 1.807) is 25.2 Å². The van der Waals surface area contributed by atoms with Crippen LogP contribution in [0.5, 0.6) is 0 Å². The minimum Gasteiger partial charge on any atom is -0.349 e. The lowest BCUT2D eigenvalue weighted by molar-refractivity contribution is -0.130. The first-order valence-corrected chi connectivity index (χ1v) is 9.04. The number of rotatable bonds is 5. The number of amides is 2. The van der Waals surface area contributed by atoms with Crippen molar-refractivity contribution >= 4 is 11.8 Å². The monoisotopic (exact) mass is 345 g/mol. The van der Waals surface area contributed by atoms with Crippen LogP contribution in [0.15, 0.2) is 6.20 Å². The van der Waals surface area contributed by atoms with Gasteiger partial charge in [-0.3, -0.25) is 14.5 Å². The summed E-state index contributed by atoms with van der Waals surface area (Å²) >= 11 is 0. The largest absolute Gasteiger partial charge is 0.349 e. The number of hydrogen-bond acceptors (Lipinski definition) is 5. The van der Waals surface area contributed by atoms with Crippen LogP contribution in [0, 0.1) is 6.92 Å². The molecule has 2 amide bonds. The van der Waals surface area contributed by atoms with Crippen LogP contribution in [0.2, 0.25) is 0 Å². The maximum absolute atomic E-state index is 12.6. The van der Waals surface area contributed by atoms with Crippen molar-refractivity contribution in [2.45, 2.75) is 51.1 Å². The maximum Gasteiger partial charge on any atom is 0.254 e. The fourth-order valence-electron chi connectivity index (χ4n) is 3.21. The number of nitrogens with zero attached hydrogens (tertiary/aromatic N) is 4. The molecular formula is C18H27N5O2. The number of nitrogens with one attached hydrogen (secondary N) is 1. The quantitative estimate of drug-likeness (QED) is 0.870. The van der Waals surface area contributed by atoms with Crippen molar-refractivity contribution in [3.8, 4) is 0 Å². The van der Waals surface area contributed by atoms with E-state index in [4.69, 9.17) is 0 Å². The average Bonchev–Trinajstić information content (AvgIpc) is 3.39. The molecule has 25 heavy (non-hydrogen) atoms. The predicted octanol–water partition coefficient (Wildman–Crippen LogP) is 1.29. The number of piperidine rings is 1. The summed E-state index contributed by atoms with van der Waals surface area (Å²) in [6.45, 7) is 3.03. The van der Waals surface area contributed by atoms with Crippen molar-refractivity contribution < 1.29 is 9.59 Å². The molecule has 1 N–H and O–H groups in total. The minimum absolute atomic E-state index is 0.0145. The molecule has 0 unspecified atom stereocenters. The van der Waals surface area contributed by atoms with Crippen LogP contribution in [0.4, 0.5) is 0 Å². The molecular weight excluding hydrogens is 318 g/mol. The van der Waals surface area contributed by atoms with Gasteiger partial charge >= 0.3 is 0 Å². The highest BCUT2D eigenvalue weighted by molar-refractivity contribution is 5.95. The summed E-state index contributed by atoms with van der Waals surface area (Å²) in [5.74, 6) is 0.631. The van der Waals surface area contributed by atoms with Gasteiger partial charge in [-0.2, -0.15) is 0 Å². The predicted molar refractivity (Wildman–Crippen MR) is 94.1 cm³/mol. The third-order valence-electron chi connectivity index (χ3n) is 4.86. The molecule has 0 bridgehead atoms. The van der Waals surface area contributed by atoms with E-state index in [0.717, 1.165) is 44.3 Å². The molecule has 0 spiro atoms. The van der Waals surface area contributed by atoms with Crippen LogP contribution in [0.1, 0.15) is 60.0 Å². The molecule has 1 aliphatic carbocycles. The maximum atomic E-state index is 12.6. The topological polar surface area (TPSA) is 78.4 Å². The first kappa shape index (κ1) is 17.8. The molecule has 3 rings (SSSR count). The van der Waals surface area contributed by atoms with Crippen molar-refractivity contribution in [2.24, 2.45) is 0 Å². The van der Waals surface area contributed by atoms with Crippen molar-refractivity contribution in [3.05, 3.63) is 23.3 Å². The van der Waals surface area contributed by atoms with Crippen LogP contribution in [0.3, 0.4) is 0 Å². The third-order valence-corrected chi connectivity index (χ3v) is 4.86. The van der Waals surface area contributed by atoms with E-state index in [1.165, 1.54) is 0 Å². The number of likely N-dealkylation sites (tertiary alicyclic amines) is 1. The van der Waals surface area contributed by atoms with E-state index in [0.29, 0.717) is 24.0 Å². The fraction of sp³-hybridized carbons (Fsp3) is 0.667. The summed E-state index contributed by atoms with van der Waals surface area (Å²) in [6.07, 6.45) is 6.76. The zero-order valence-electron chi connectivity index (χ0n) is 15.3. The van der Waals surface area contributed by atoms with Crippen LogP contribution in [-0.2, 0) is 4.79 Å². The van der Waals surface area contributed by atoms with Crippen LogP contribution < -0.4 is 5.32 Å². The van der Waals surface area contributed by atoms with Crippen molar-refractivity contribution in [2.75, 3.05) is 27.2 Å². The summed E-state index contributed by atoms with van der Waals surface area (Å²) in [7, 11) is 3.54. The molecule has 1 aromatic rings. The van der Waals surface area contributed by atoms with E-state index in [-0.39, 0.29) is 17.9 Å². The zero-order chi connectivity index (χ0) is 18.0. The molecule has 7 heteroatoms. The van der Waals surface area contributed by atoms with Gasteiger partial charge in [-0.25, -0.2) is 9.97 Å². The Balaban J connectivity index is 1.87. The van der Waals surface area contributed by atoms with Crippen LogP contribution in [0.25, 0.3) is 0 Å². The Morgan fingerprint density at radius 2 is 2.04 bits per heavy atom. The van der Waals surface area contributed by atoms with Crippen molar-refractivity contribution in [1.82, 2.24) is 25.1 Å². The number of carbonyl (C=O) groups excluding carboxylic acids is 2. The number of hydrogen-bond donors (Lipinski definition) is 1. The molecule has 0 aromatic carbocycles. The lowest BCUT2D eigenvalue weighted by atomic mass is 9.96. The Bertz CT molecular complexity index is 657. The molecule has 7 nitrogen and oxygen atoms in total. The average molecular weight is 345 g/mol. The van der Waals surface area contributed by atoms with Gasteiger partial charge in [0, 0.05) is 26.3 Å². The Hall–Kier alpha value is -2.02. The molecule has 1 aliphatic heterocycles. The Kier molecular flexibility index (Phi) is 5.32.